The van der Waals surface area contributed by atoms with E-state index in [0.29, 0.717) is 11.5 Å². The Balaban J connectivity index is 1.32. The van der Waals surface area contributed by atoms with Gasteiger partial charge in [-0.2, -0.15) is 0 Å². The second-order valence-corrected chi connectivity index (χ2v) is 8.88. The van der Waals surface area contributed by atoms with Crippen LogP contribution < -0.4 is 0 Å². The van der Waals surface area contributed by atoms with Gasteiger partial charge in [0, 0.05) is 23.0 Å². The van der Waals surface area contributed by atoms with Crippen molar-refractivity contribution in [1.29, 1.82) is 0 Å². The molecule has 0 aromatic heterocycles. The largest absolute Gasteiger partial charge is 0.392 e. The summed E-state index contributed by atoms with van der Waals surface area (Å²) in [6.45, 7) is 2.82. The molecule has 4 rings (SSSR count). The molecule has 0 bridgehead atoms. The predicted octanol–water partition coefficient (Wildman–Crippen LogP) is 3.98. The van der Waals surface area contributed by atoms with Crippen LogP contribution in [0.15, 0.2) is 36.4 Å². The van der Waals surface area contributed by atoms with Crippen molar-refractivity contribution in [3.63, 3.8) is 0 Å². The first-order chi connectivity index (χ1) is 14.1. The Labute approximate surface area is 177 Å². The van der Waals surface area contributed by atoms with Crippen molar-refractivity contribution < 1.29 is 15.0 Å². The Morgan fingerprint density at radius 1 is 1.00 bits per heavy atom. The number of benzene rings is 2. The lowest BCUT2D eigenvalue weighted by Gasteiger charge is -2.33. The molecule has 1 aliphatic carbocycles. The van der Waals surface area contributed by atoms with E-state index in [9.17, 15) is 15.0 Å². The number of Topliss-reactive ketones (excluding diaryl/α,β-unsaturated/α-hetero) is 1. The third kappa shape index (κ3) is 4.56. The lowest BCUT2D eigenvalue weighted by molar-refractivity contribution is 0.0895. The Morgan fingerprint density at radius 2 is 1.66 bits per heavy atom. The summed E-state index contributed by atoms with van der Waals surface area (Å²) in [6.07, 6.45) is 3.94. The van der Waals surface area contributed by atoms with E-state index in [1.807, 2.05) is 18.2 Å². The zero-order valence-corrected chi connectivity index (χ0v) is 17.4. The maximum absolute atomic E-state index is 12.9. The van der Waals surface area contributed by atoms with Gasteiger partial charge in [-0.15, -0.1) is 0 Å². The van der Waals surface area contributed by atoms with Crippen molar-refractivity contribution in [2.45, 2.75) is 45.4 Å². The highest BCUT2D eigenvalue weighted by molar-refractivity contribution is 6.30. The number of fused-ring (bicyclic) bond motifs is 1. The Kier molecular flexibility index (Phi) is 6.35. The van der Waals surface area contributed by atoms with Crippen LogP contribution in [0.2, 0.25) is 5.02 Å². The SMILES string of the molecule is O=C1c2cc(CO)c(CO)cc2CC1CC1CCN(Cc2ccc(Cl)cc2)CC1. The predicted molar refractivity (Wildman–Crippen MR) is 114 cm³/mol. The van der Waals surface area contributed by atoms with Crippen molar-refractivity contribution in [3.8, 4) is 0 Å². The van der Waals surface area contributed by atoms with Crippen molar-refractivity contribution in [3.05, 3.63) is 69.2 Å². The number of carbonyl (C=O) groups is 1. The van der Waals surface area contributed by atoms with Crippen molar-refractivity contribution in [2.24, 2.45) is 11.8 Å². The molecule has 0 spiro atoms. The van der Waals surface area contributed by atoms with Crippen LogP contribution in [-0.4, -0.2) is 34.0 Å². The van der Waals surface area contributed by atoms with E-state index in [1.54, 1.807) is 6.07 Å². The molecule has 29 heavy (non-hydrogen) atoms. The first-order valence-electron chi connectivity index (χ1n) is 10.4. The number of likely N-dealkylation sites (tertiary alicyclic amines) is 1. The Morgan fingerprint density at radius 3 is 2.31 bits per heavy atom. The Hall–Kier alpha value is -1.72. The number of ketones is 1. The molecule has 2 N–H and O–H groups in total. The lowest BCUT2D eigenvalue weighted by Crippen LogP contribution is -2.34. The molecule has 0 radical (unpaired) electrons. The van der Waals surface area contributed by atoms with Crippen molar-refractivity contribution in [2.75, 3.05) is 13.1 Å². The van der Waals surface area contributed by atoms with E-state index < -0.39 is 0 Å². The summed E-state index contributed by atoms with van der Waals surface area (Å²) >= 11 is 5.97. The molecule has 0 amide bonds. The van der Waals surface area contributed by atoms with Crippen LogP contribution in [-0.2, 0) is 26.2 Å². The quantitative estimate of drug-likeness (QED) is 0.751. The fourth-order valence-corrected chi connectivity index (χ4v) is 4.96. The van der Waals surface area contributed by atoms with Gasteiger partial charge in [-0.1, -0.05) is 29.8 Å². The van der Waals surface area contributed by atoms with Gasteiger partial charge in [0.25, 0.3) is 0 Å². The minimum absolute atomic E-state index is 0.0401. The third-order valence-electron chi connectivity index (χ3n) is 6.51. The minimum Gasteiger partial charge on any atom is -0.392 e. The van der Waals surface area contributed by atoms with Gasteiger partial charge in [-0.25, -0.2) is 0 Å². The molecule has 1 unspecified atom stereocenters. The average molecular weight is 414 g/mol. The average Bonchev–Trinajstić information content (AvgIpc) is 3.04. The molecule has 0 saturated carbocycles. The van der Waals surface area contributed by atoms with Crippen LogP contribution in [0.25, 0.3) is 0 Å². The van der Waals surface area contributed by atoms with Crippen LogP contribution in [0.3, 0.4) is 0 Å². The van der Waals surface area contributed by atoms with Gasteiger partial charge in [-0.3, -0.25) is 9.69 Å². The van der Waals surface area contributed by atoms with Gasteiger partial charge in [0.05, 0.1) is 13.2 Å². The van der Waals surface area contributed by atoms with Gasteiger partial charge in [0.1, 0.15) is 0 Å². The van der Waals surface area contributed by atoms with Crippen molar-refractivity contribution >= 4 is 17.4 Å². The second kappa shape index (κ2) is 8.97. The standard InChI is InChI=1S/C24H28ClNO3/c25-22-3-1-17(2-4-22)13-26-7-5-16(6-8-26)9-19-10-18-11-20(14-27)21(15-28)12-23(18)24(19)29/h1-4,11-12,16,19,27-28H,5-10,13-15H2. The van der Waals surface area contributed by atoms with Crippen LogP contribution >= 0.6 is 11.6 Å². The third-order valence-corrected chi connectivity index (χ3v) is 6.77. The summed E-state index contributed by atoms with van der Waals surface area (Å²) in [5.74, 6) is 0.829. The number of aliphatic hydroxyl groups is 2. The van der Waals surface area contributed by atoms with E-state index in [-0.39, 0.29) is 24.9 Å². The molecule has 1 aliphatic heterocycles. The number of carbonyl (C=O) groups excluding carboxylic acids is 1. The van der Waals surface area contributed by atoms with E-state index in [4.69, 9.17) is 11.6 Å². The molecule has 1 fully saturated rings. The molecule has 2 aromatic carbocycles. The summed E-state index contributed by atoms with van der Waals surface area (Å²) in [5.41, 5.74) is 4.46. The zero-order chi connectivity index (χ0) is 20.4. The zero-order valence-electron chi connectivity index (χ0n) is 16.6. The van der Waals surface area contributed by atoms with Gasteiger partial charge < -0.3 is 10.2 Å². The maximum atomic E-state index is 12.9. The smallest absolute Gasteiger partial charge is 0.166 e. The normalized spacial score (nSPS) is 20.2. The summed E-state index contributed by atoms with van der Waals surface area (Å²) in [5, 5.41) is 19.8. The van der Waals surface area contributed by atoms with Crippen LogP contribution in [0.5, 0.6) is 0 Å². The van der Waals surface area contributed by atoms with Crippen LogP contribution in [0.1, 0.15) is 51.9 Å². The topological polar surface area (TPSA) is 60.8 Å². The van der Waals surface area contributed by atoms with Crippen LogP contribution in [0, 0.1) is 11.8 Å². The highest BCUT2D eigenvalue weighted by atomic mass is 35.5. The first-order valence-corrected chi connectivity index (χ1v) is 10.8. The van der Waals surface area contributed by atoms with Gasteiger partial charge in [0.15, 0.2) is 5.78 Å². The summed E-state index contributed by atoms with van der Waals surface area (Å²) in [7, 11) is 0. The molecule has 1 heterocycles. The molecule has 4 nitrogen and oxygen atoms in total. The number of rotatable bonds is 6. The lowest BCUT2D eigenvalue weighted by atomic mass is 9.85. The first kappa shape index (κ1) is 20.5. The van der Waals surface area contributed by atoms with E-state index in [0.717, 1.165) is 67.0 Å². The van der Waals surface area contributed by atoms with Crippen LogP contribution in [0.4, 0.5) is 0 Å². The summed E-state index contributed by atoms with van der Waals surface area (Å²) < 4.78 is 0. The Bertz CT molecular complexity index is 872. The summed E-state index contributed by atoms with van der Waals surface area (Å²) in [6, 6.07) is 11.8. The van der Waals surface area contributed by atoms with Gasteiger partial charge in [0.2, 0.25) is 0 Å². The summed E-state index contributed by atoms with van der Waals surface area (Å²) in [4.78, 5) is 15.4. The van der Waals surface area contributed by atoms with Gasteiger partial charge in [-0.05, 0) is 85.1 Å². The molecule has 154 valence electrons. The highest BCUT2D eigenvalue weighted by Crippen LogP contribution is 2.35. The molecule has 5 heteroatoms. The number of hydrogen-bond donors (Lipinski definition) is 2. The number of nitrogens with zero attached hydrogens (tertiary/aromatic N) is 1. The fourth-order valence-electron chi connectivity index (χ4n) is 4.83. The van der Waals surface area contributed by atoms with Crippen molar-refractivity contribution in [1.82, 2.24) is 4.90 Å². The number of halogens is 1. The molecule has 1 saturated heterocycles. The molecular weight excluding hydrogens is 386 g/mol. The minimum atomic E-state index is -0.146. The monoisotopic (exact) mass is 413 g/mol. The number of aliphatic hydroxyl groups excluding tert-OH is 2. The molecule has 2 aliphatic rings. The number of piperidine rings is 1. The highest BCUT2D eigenvalue weighted by Gasteiger charge is 2.34. The van der Waals surface area contributed by atoms with E-state index in [1.165, 1.54) is 5.56 Å². The fraction of sp³-hybridized carbons (Fsp3) is 0.458. The molecular formula is C24H28ClNO3. The molecule has 2 aromatic rings. The van der Waals surface area contributed by atoms with E-state index in [2.05, 4.69) is 17.0 Å². The maximum Gasteiger partial charge on any atom is 0.166 e. The second-order valence-electron chi connectivity index (χ2n) is 8.44. The molecule has 1 atom stereocenters. The number of hydrogen-bond acceptors (Lipinski definition) is 4. The van der Waals surface area contributed by atoms with E-state index >= 15 is 0 Å². The van der Waals surface area contributed by atoms with Gasteiger partial charge >= 0.3 is 0 Å².